The summed E-state index contributed by atoms with van der Waals surface area (Å²) in [5.41, 5.74) is 5.71. The Bertz CT molecular complexity index is 192. The Morgan fingerprint density at radius 2 is 1.87 bits per heavy atom. The maximum Gasteiger partial charge on any atom is 0.237 e. The molecular weight excluding hydrogens is 190 g/mol. The van der Waals surface area contributed by atoms with Gasteiger partial charge in [0.15, 0.2) is 0 Å². The van der Waals surface area contributed by atoms with Gasteiger partial charge in [-0.15, -0.1) is 0 Å². The van der Waals surface area contributed by atoms with Crippen LogP contribution in [0.3, 0.4) is 0 Å². The minimum Gasteiger partial charge on any atom is -0.353 e. The number of nitrogens with two attached hydrogens (primary N) is 1. The van der Waals surface area contributed by atoms with Crippen molar-refractivity contribution < 1.29 is 4.79 Å². The van der Waals surface area contributed by atoms with Crippen molar-refractivity contribution in [2.24, 2.45) is 11.7 Å². The Morgan fingerprint density at radius 3 is 2.27 bits per heavy atom. The van der Waals surface area contributed by atoms with Crippen molar-refractivity contribution in [2.45, 2.75) is 39.8 Å². The van der Waals surface area contributed by atoms with Gasteiger partial charge in [-0.05, 0) is 26.8 Å². The second-order valence-electron chi connectivity index (χ2n) is 4.64. The third-order valence-corrected chi connectivity index (χ3v) is 2.67. The lowest BCUT2D eigenvalue weighted by atomic mass is 10.1. The Kier molecular flexibility index (Phi) is 6.52. The lowest BCUT2D eigenvalue weighted by Gasteiger charge is -2.22. The molecule has 0 aromatic carbocycles. The summed E-state index contributed by atoms with van der Waals surface area (Å²) in [5, 5.41) is 2.84. The SMILES string of the molecule is CC(C)[C@@H](N)C(=O)NCCN(C)C(C)C. The van der Waals surface area contributed by atoms with E-state index in [2.05, 4.69) is 24.1 Å². The van der Waals surface area contributed by atoms with E-state index >= 15 is 0 Å². The molecule has 0 aliphatic carbocycles. The van der Waals surface area contributed by atoms with Crippen LogP contribution in [0.5, 0.6) is 0 Å². The van der Waals surface area contributed by atoms with Crippen molar-refractivity contribution in [3.05, 3.63) is 0 Å². The Balaban J connectivity index is 3.73. The standard InChI is InChI=1S/C11H25N3O/c1-8(2)10(12)11(15)13-6-7-14(5)9(3)4/h8-10H,6-7,12H2,1-5H3,(H,13,15)/t10-/m1/s1. The number of carbonyl (C=O) groups is 1. The third kappa shape index (κ3) is 5.74. The van der Waals surface area contributed by atoms with Crippen molar-refractivity contribution in [1.29, 1.82) is 0 Å². The molecular formula is C11H25N3O. The van der Waals surface area contributed by atoms with Crippen LogP contribution in [0.15, 0.2) is 0 Å². The molecule has 0 aromatic heterocycles. The first-order valence-electron chi connectivity index (χ1n) is 5.59. The monoisotopic (exact) mass is 215 g/mol. The van der Waals surface area contributed by atoms with Gasteiger partial charge in [-0.2, -0.15) is 0 Å². The molecule has 4 heteroatoms. The van der Waals surface area contributed by atoms with Gasteiger partial charge >= 0.3 is 0 Å². The largest absolute Gasteiger partial charge is 0.353 e. The molecule has 3 N–H and O–H groups in total. The highest BCUT2D eigenvalue weighted by Gasteiger charge is 2.16. The van der Waals surface area contributed by atoms with Crippen LogP contribution >= 0.6 is 0 Å². The number of rotatable bonds is 6. The molecule has 0 aromatic rings. The number of carbonyl (C=O) groups excluding carboxylic acids is 1. The number of likely N-dealkylation sites (N-methyl/N-ethyl adjacent to an activating group) is 1. The van der Waals surface area contributed by atoms with Crippen LogP contribution in [0.2, 0.25) is 0 Å². The molecule has 90 valence electrons. The molecule has 0 aliphatic heterocycles. The molecule has 0 bridgehead atoms. The number of amides is 1. The van der Waals surface area contributed by atoms with E-state index in [1.807, 2.05) is 20.9 Å². The van der Waals surface area contributed by atoms with E-state index in [0.717, 1.165) is 6.54 Å². The molecule has 0 aliphatic rings. The third-order valence-electron chi connectivity index (χ3n) is 2.67. The van der Waals surface area contributed by atoms with Gasteiger partial charge in [-0.25, -0.2) is 0 Å². The van der Waals surface area contributed by atoms with Crippen LogP contribution in [0.4, 0.5) is 0 Å². The highest BCUT2D eigenvalue weighted by Crippen LogP contribution is 1.97. The summed E-state index contributed by atoms with van der Waals surface area (Å²) in [5.74, 6) is 0.134. The van der Waals surface area contributed by atoms with Gasteiger partial charge < -0.3 is 16.0 Å². The molecule has 15 heavy (non-hydrogen) atoms. The van der Waals surface area contributed by atoms with Crippen LogP contribution in [-0.2, 0) is 4.79 Å². The Morgan fingerprint density at radius 1 is 1.33 bits per heavy atom. The molecule has 0 saturated carbocycles. The molecule has 0 radical (unpaired) electrons. The fraction of sp³-hybridized carbons (Fsp3) is 0.909. The summed E-state index contributed by atoms with van der Waals surface area (Å²) >= 11 is 0. The topological polar surface area (TPSA) is 58.4 Å². The fourth-order valence-electron chi connectivity index (χ4n) is 1.03. The van der Waals surface area contributed by atoms with E-state index in [0.29, 0.717) is 12.6 Å². The molecule has 0 heterocycles. The van der Waals surface area contributed by atoms with Gasteiger partial charge in [-0.1, -0.05) is 13.8 Å². The minimum absolute atomic E-state index is 0.0536. The zero-order chi connectivity index (χ0) is 12.0. The summed E-state index contributed by atoms with van der Waals surface area (Å²) in [7, 11) is 2.04. The summed E-state index contributed by atoms with van der Waals surface area (Å²) < 4.78 is 0. The van der Waals surface area contributed by atoms with E-state index in [-0.39, 0.29) is 11.8 Å². The van der Waals surface area contributed by atoms with Crippen LogP contribution in [-0.4, -0.2) is 43.0 Å². The van der Waals surface area contributed by atoms with Gasteiger partial charge in [0.2, 0.25) is 5.91 Å². The second kappa shape index (κ2) is 6.80. The highest BCUT2D eigenvalue weighted by atomic mass is 16.2. The molecule has 0 fully saturated rings. The van der Waals surface area contributed by atoms with E-state index in [1.165, 1.54) is 0 Å². The maximum absolute atomic E-state index is 11.5. The fourth-order valence-corrected chi connectivity index (χ4v) is 1.03. The molecule has 0 saturated heterocycles. The van der Waals surface area contributed by atoms with Crippen LogP contribution in [0.25, 0.3) is 0 Å². The van der Waals surface area contributed by atoms with E-state index in [1.54, 1.807) is 0 Å². The van der Waals surface area contributed by atoms with Gasteiger partial charge in [0, 0.05) is 19.1 Å². The van der Waals surface area contributed by atoms with Crippen molar-refractivity contribution in [3.63, 3.8) is 0 Å². The van der Waals surface area contributed by atoms with E-state index in [9.17, 15) is 4.79 Å². The minimum atomic E-state index is -0.394. The summed E-state index contributed by atoms with van der Waals surface area (Å²) in [6.07, 6.45) is 0. The molecule has 1 amide bonds. The summed E-state index contributed by atoms with van der Waals surface area (Å²) in [6, 6.07) is 0.107. The lowest BCUT2D eigenvalue weighted by molar-refractivity contribution is -0.123. The van der Waals surface area contributed by atoms with Crippen LogP contribution in [0, 0.1) is 5.92 Å². The maximum atomic E-state index is 11.5. The summed E-state index contributed by atoms with van der Waals surface area (Å²) in [6.45, 7) is 9.67. The lowest BCUT2D eigenvalue weighted by Crippen LogP contribution is -2.46. The first-order chi connectivity index (χ1) is 6.86. The van der Waals surface area contributed by atoms with E-state index < -0.39 is 6.04 Å². The normalized spacial score (nSPS) is 13.7. The van der Waals surface area contributed by atoms with Gasteiger partial charge in [0.1, 0.15) is 0 Å². The molecule has 0 rings (SSSR count). The average Bonchev–Trinajstić information content (AvgIpc) is 2.15. The van der Waals surface area contributed by atoms with Crippen LogP contribution < -0.4 is 11.1 Å². The Labute approximate surface area is 93.2 Å². The predicted molar refractivity (Wildman–Crippen MR) is 63.6 cm³/mol. The number of hydrogen-bond acceptors (Lipinski definition) is 3. The smallest absolute Gasteiger partial charge is 0.237 e. The van der Waals surface area contributed by atoms with E-state index in [4.69, 9.17) is 5.73 Å². The van der Waals surface area contributed by atoms with Gasteiger partial charge in [0.05, 0.1) is 6.04 Å². The molecule has 4 nitrogen and oxygen atoms in total. The number of nitrogens with zero attached hydrogens (tertiary/aromatic N) is 1. The van der Waals surface area contributed by atoms with Crippen molar-refractivity contribution >= 4 is 5.91 Å². The molecule has 0 unspecified atom stereocenters. The summed E-state index contributed by atoms with van der Waals surface area (Å²) in [4.78, 5) is 13.7. The first-order valence-corrected chi connectivity index (χ1v) is 5.59. The predicted octanol–water partition coefficient (Wildman–Crippen LogP) is 0.426. The number of nitrogens with one attached hydrogen (secondary N) is 1. The molecule has 0 spiro atoms. The second-order valence-corrected chi connectivity index (χ2v) is 4.64. The Hall–Kier alpha value is -0.610. The number of hydrogen-bond donors (Lipinski definition) is 2. The van der Waals surface area contributed by atoms with Gasteiger partial charge in [0.25, 0.3) is 0 Å². The first kappa shape index (κ1) is 14.4. The van der Waals surface area contributed by atoms with Gasteiger partial charge in [-0.3, -0.25) is 4.79 Å². The molecule has 1 atom stereocenters. The van der Waals surface area contributed by atoms with Crippen LogP contribution in [0.1, 0.15) is 27.7 Å². The highest BCUT2D eigenvalue weighted by molar-refractivity contribution is 5.81. The van der Waals surface area contributed by atoms with Crippen molar-refractivity contribution in [2.75, 3.05) is 20.1 Å². The quantitative estimate of drug-likeness (QED) is 0.675. The average molecular weight is 215 g/mol. The van der Waals surface area contributed by atoms with Crippen molar-refractivity contribution in [1.82, 2.24) is 10.2 Å². The zero-order valence-electron chi connectivity index (χ0n) is 10.6. The zero-order valence-corrected chi connectivity index (χ0v) is 10.6. The van der Waals surface area contributed by atoms with Crippen molar-refractivity contribution in [3.8, 4) is 0 Å².